The lowest BCUT2D eigenvalue weighted by molar-refractivity contribution is -0.135. The Bertz CT molecular complexity index is 1310. The highest BCUT2D eigenvalue weighted by Gasteiger charge is 2.35. The van der Waals surface area contributed by atoms with Crippen molar-refractivity contribution in [3.05, 3.63) is 81.8 Å². The molecule has 4 rings (SSSR count). The van der Waals surface area contributed by atoms with Gasteiger partial charge in [-0.1, -0.05) is 38.0 Å². The molecule has 0 fully saturated rings. The zero-order valence-electron chi connectivity index (χ0n) is 21.4. The molecule has 198 valence electrons. The van der Waals surface area contributed by atoms with Crippen LogP contribution in [0.15, 0.2) is 64.9 Å². The molecular formula is C28H33FN2O4S2. The van der Waals surface area contributed by atoms with Crippen LogP contribution in [0, 0.1) is 18.7 Å². The van der Waals surface area contributed by atoms with Gasteiger partial charge in [0.15, 0.2) is 0 Å². The first-order valence-corrected chi connectivity index (χ1v) is 14.8. The summed E-state index contributed by atoms with van der Waals surface area (Å²) in [6.07, 6.45) is 1.51. The number of carbonyl (C=O) groups is 1. The lowest BCUT2D eigenvalue weighted by atomic mass is 10.0. The van der Waals surface area contributed by atoms with Gasteiger partial charge in [-0.25, -0.2) is 12.8 Å². The summed E-state index contributed by atoms with van der Waals surface area (Å²) in [7, 11) is -3.86. The molecule has 0 bridgehead atoms. The van der Waals surface area contributed by atoms with Crippen molar-refractivity contribution < 1.29 is 22.3 Å². The molecule has 1 aliphatic heterocycles. The largest absolute Gasteiger partial charge is 0.491 e. The van der Waals surface area contributed by atoms with Crippen molar-refractivity contribution in [1.29, 1.82) is 0 Å². The maximum absolute atomic E-state index is 13.7. The second kappa shape index (κ2) is 11.8. The second-order valence-electron chi connectivity index (χ2n) is 9.54. The summed E-state index contributed by atoms with van der Waals surface area (Å²) in [5.74, 6) is -0.00590. The smallest absolute Gasteiger partial charge is 0.243 e. The van der Waals surface area contributed by atoms with Gasteiger partial charge in [0, 0.05) is 18.0 Å². The van der Waals surface area contributed by atoms with E-state index >= 15 is 0 Å². The molecule has 0 radical (unpaired) electrons. The maximum atomic E-state index is 13.7. The number of nitrogens with zero attached hydrogens (tertiary/aromatic N) is 2. The van der Waals surface area contributed by atoms with E-state index in [1.807, 2.05) is 32.2 Å². The number of amides is 1. The van der Waals surface area contributed by atoms with E-state index in [1.54, 1.807) is 52.6 Å². The highest BCUT2D eigenvalue weighted by molar-refractivity contribution is 7.89. The Kier molecular flexibility index (Phi) is 8.67. The number of thiophene rings is 1. The van der Waals surface area contributed by atoms with Crippen molar-refractivity contribution in [2.45, 2.75) is 44.6 Å². The first-order valence-electron chi connectivity index (χ1n) is 12.5. The number of ether oxygens (including phenoxy) is 1. The Hall–Kier alpha value is -2.75. The minimum atomic E-state index is -3.86. The van der Waals surface area contributed by atoms with Crippen LogP contribution in [0.1, 0.15) is 42.3 Å². The zero-order valence-corrected chi connectivity index (χ0v) is 23.0. The molecule has 2 aromatic carbocycles. The van der Waals surface area contributed by atoms with Crippen molar-refractivity contribution >= 4 is 27.3 Å². The predicted molar refractivity (Wildman–Crippen MR) is 144 cm³/mol. The normalized spacial score (nSPS) is 16.5. The summed E-state index contributed by atoms with van der Waals surface area (Å²) in [4.78, 5) is 16.8. The summed E-state index contributed by atoms with van der Waals surface area (Å²) in [6, 6.07) is 14.1. The Morgan fingerprint density at radius 1 is 1.16 bits per heavy atom. The van der Waals surface area contributed by atoms with Crippen LogP contribution in [0.3, 0.4) is 0 Å². The lowest BCUT2D eigenvalue weighted by Crippen LogP contribution is -2.48. The lowest BCUT2D eigenvalue weighted by Gasteiger charge is -2.37. The van der Waals surface area contributed by atoms with E-state index in [4.69, 9.17) is 4.74 Å². The second-order valence-corrected chi connectivity index (χ2v) is 12.5. The first kappa shape index (κ1) is 27.3. The molecule has 1 aromatic heterocycles. The molecule has 0 N–H and O–H groups in total. The van der Waals surface area contributed by atoms with E-state index in [1.165, 1.54) is 21.3 Å². The van der Waals surface area contributed by atoms with Gasteiger partial charge in [0.05, 0.1) is 17.5 Å². The number of rotatable bonds is 10. The minimum absolute atomic E-state index is 0.0930. The number of halogens is 1. The number of hydrogen-bond acceptors (Lipinski definition) is 5. The minimum Gasteiger partial charge on any atom is -0.491 e. The highest BCUT2D eigenvalue weighted by Crippen LogP contribution is 2.34. The number of carbonyl (C=O) groups excluding carboxylic acids is 1. The topological polar surface area (TPSA) is 66.9 Å². The summed E-state index contributed by atoms with van der Waals surface area (Å²) in [5, 5.41) is 2.00. The van der Waals surface area contributed by atoms with Gasteiger partial charge in [-0.05, 0) is 72.7 Å². The summed E-state index contributed by atoms with van der Waals surface area (Å²) >= 11 is 1.65. The van der Waals surface area contributed by atoms with Crippen molar-refractivity contribution in [2.24, 2.45) is 5.92 Å². The maximum Gasteiger partial charge on any atom is 0.243 e. The van der Waals surface area contributed by atoms with Gasteiger partial charge < -0.3 is 9.64 Å². The Morgan fingerprint density at radius 3 is 2.54 bits per heavy atom. The fraction of sp³-hybridized carbons (Fsp3) is 0.393. The van der Waals surface area contributed by atoms with Gasteiger partial charge in [0.2, 0.25) is 15.9 Å². The van der Waals surface area contributed by atoms with E-state index in [-0.39, 0.29) is 48.3 Å². The van der Waals surface area contributed by atoms with E-state index < -0.39 is 10.0 Å². The summed E-state index contributed by atoms with van der Waals surface area (Å²) in [5.41, 5.74) is 1.98. The van der Waals surface area contributed by atoms with Crippen LogP contribution in [-0.2, 0) is 21.2 Å². The van der Waals surface area contributed by atoms with Gasteiger partial charge in [0.1, 0.15) is 18.2 Å². The number of benzene rings is 2. The average molecular weight is 545 g/mol. The number of sulfonamides is 1. The molecular weight excluding hydrogens is 511 g/mol. The third-order valence-corrected chi connectivity index (χ3v) is 9.64. The molecule has 0 saturated carbocycles. The fourth-order valence-electron chi connectivity index (χ4n) is 4.41. The van der Waals surface area contributed by atoms with Crippen molar-refractivity contribution in [3.8, 4) is 5.75 Å². The van der Waals surface area contributed by atoms with Gasteiger partial charge in [0.25, 0.3) is 0 Å². The summed E-state index contributed by atoms with van der Waals surface area (Å²) < 4.78 is 47.8. The first-order chi connectivity index (χ1) is 17.7. The molecule has 1 aliphatic rings. The molecule has 2 atom stereocenters. The third-order valence-electron chi connectivity index (χ3n) is 6.82. The Morgan fingerprint density at radius 2 is 1.86 bits per heavy atom. The Labute approximate surface area is 222 Å². The Balaban J connectivity index is 1.58. The molecule has 0 aliphatic carbocycles. The molecule has 37 heavy (non-hydrogen) atoms. The number of fused-ring (bicyclic) bond motifs is 1. The van der Waals surface area contributed by atoms with E-state index in [0.717, 1.165) is 17.5 Å². The monoisotopic (exact) mass is 544 g/mol. The molecule has 0 unspecified atom stereocenters. The van der Waals surface area contributed by atoms with E-state index in [0.29, 0.717) is 18.7 Å². The number of aryl methyl sites for hydroxylation is 1. The number of hydrogen-bond donors (Lipinski definition) is 0. The summed E-state index contributed by atoms with van der Waals surface area (Å²) in [6.45, 7) is 6.58. The van der Waals surface area contributed by atoms with Crippen LogP contribution in [0.25, 0.3) is 0 Å². The van der Waals surface area contributed by atoms with Gasteiger partial charge in [-0.15, -0.1) is 11.3 Å². The van der Waals surface area contributed by atoms with Crippen LogP contribution in [0.5, 0.6) is 5.75 Å². The third kappa shape index (κ3) is 6.40. The molecule has 0 spiro atoms. The molecule has 2 heterocycles. The van der Waals surface area contributed by atoms with Gasteiger partial charge in [-0.3, -0.25) is 4.79 Å². The molecule has 1 amide bonds. The van der Waals surface area contributed by atoms with E-state index in [2.05, 4.69) is 0 Å². The fourth-order valence-corrected chi connectivity index (χ4v) is 6.84. The highest BCUT2D eigenvalue weighted by atomic mass is 32.2. The standard InChI is InChI=1S/C28H33FN2O4S2/c1-4-20(2)17-30(37(33,34)24-11-5-21(3)6-12-24)18-28(32)31-15-13-27-25(14-16-36-27)26(31)19-35-23-9-7-22(29)8-10-23/h5-12,14,16,20,26H,4,13,15,17-19H2,1-3H3/t20-,26-/m1/s1. The average Bonchev–Trinajstić information content (AvgIpc) is 3.37. The molecule has 3 aromatic rings. The van der Waals surface area contributed by atoms with Crippen LogP contribution in [0.2, 0.25) is 0 Å². The van der Waals surface area contributed by atoms with Crippen LogP contribution in [0.4, 0.5) is 4.39 Å². The quantitative estimate of drug-likeness (QED) is 0.341. The van der Waals surface area contributed by atoms with Crippen LogP contribution >= 0.6 is 11.3 Å². The van der Waals surface area contributed by atoms with Crippen molar-refractivity contribution in [3.63, 3.8) is 0 Å². The predicted octanol–water partition coefficient (Wildman–Crippen LogP) is 5.44. The SMILES string of the molecule is CC[C@@H](C)CN(CC(=O)N1CCc2sccc2[C@H]1COc1ccc(F)cc1)S(=O)(=O)c1ccc(C)cc1. The van der Waals surface area contributed by atoms with Crippen LogP contribution < -0.4 is 4.74 Å². The van der Waals surface area contributed by atoms with Crippen molar-refractivity contribution in [2.75, 3.05) is 26.2 Å². The van der Waals surface area contributed by atoms with Gasteiger partial charge in [-0.2, -0.15) is 4.31 Å². The van der Waals surface area contributed by atoms with E-state index in [9.17, 15) is 17.6 Å². The molecule has 6 nitrogen and oxygen atoms in total. The van der Waals surface area contributed by atoms with Crippen molar-refractivity contribution in [1.82, 2.24) is 9.21 Å². The molecule has 9 heteroatoms. The van der Waals surface area contributed by atoms with Crippen LogP contribution in [-0.4, -0.2) is 49.8 Å². The molecule has 0 saturated heterocycles. The van der Waals surface area contributed by atoms with Gasteiger partial charge >= 0.3 is 0 Å². The zero-order chi connectivity index (χ0) is 26.6.